The summed E-state index contributed by atoms with van der Waals surface area (Å²) in [5, 5.41) is 13.0. The molecular weight excluding hydrogens is 499 g/mol. The van der Waals surface area contributed by atoms with Gasteiger partial charge in [-0.3, -0.25) is 9.89 Å². The summed E-state index contributed by atoms with van der Waals surface area (Å²) in [5.41, 5.74) is -0.144. The number of aromatic nitrogens is 2. The van der Waals surface area contributed by atoms with Gasteiger partial charge in [0.2, 0.25) is 5.89 Å². The zero-order chi connectivity index (χ0) is 20.1. The molecule has 0 amide bonds. The highest BCUT2D eigenvalue weighted by Gasteiger charge is 2.31. The molecule has 0 spiro atoms. The Morgan fingerprint density at radius 2 is 2.17 bits per heavy atom. The molecule has 2 aromatic rings. The highest BCUT2D eigenvalue weighted by molar-refractivity contribution is 14.0. The van der Waals surface area contributed by atoms with Crippen molar-refractivity contribution in [2.75, 3.05) is 27.2 Å². The number of thiophene rings is 1. The van der Waals surface area contributed by atoms with Crippen LogP contribution >= 0.6 is 35.3 Å². The summed E-state index contributed by atoms with van der Waals surface area (Å²) in [4.78, 5) is 12.7. The van der Waals surface area contributed by atoms with Gasteiger partial charge in [-0.15, -0.1) is 35.3 Å². The van der Waals surface area contributed by atoms with Crippen LogP contribution in [0.1, 0.15) is 56.2 Å². The number of piperidine rings is 1. The lowest BCUT2D eigenvalue weighted by Gasteiger charge is -2.39. The van der Waals surface area contributed by atoms with E-state index in [0.29, 0.717) is 30.2 Å². The van der Waals surface area contributed by atoms with Gasteiger partial charge in [0.25, 0.3) is 0 Å². The van der Waals surface area contributed by atoms with Crippen LogP contribution in [0.4, 0.5) is 0 Å². The van der Waals surface area contributed by atoms with E-state index in [2.05, 4.69) is 76.0 Å². The maximum Gasteiger partial charge on any atom is 0.232 e. The summed E-state index contributed by atoms with van der Waals surface area (Å²) in [6.45, 7) is 8.69. The van der Waals surface area contributed by atoms with Gasteiger partial charge in [0.1, 0.15) is 0 Å². The van der Waals surface area contributed by atoms with E-state index in [1.807, 2.05) is 11.3 Å². The first-order valence-electron chi connectivity index (χ1n) is 9.89. The normalized spacial score (nSPS) is 20.9. The second kappa shape index (κ2) is 10.7. The third-order valence-corrected chi connectivity index (χ3v) is 6.06. The molecule has 29 heavy (non-hydrogen) atoms. The van der Waals surface area contributed by atoms with Crippen LogP contribution in [0, 0.1) is 5.92 Å². The summed E-state index contributed by atoms with van der Waals surface area (Å²) >= 11 is 1.85. The molecule has 2 aromatic heterocycles. The third kappa shape index (κ3) is 6.39. The molecule has 0 aliphatic carbocycles. The van der Waals surface area contributed by atoms with Crippen molar-refractivity contribution in [3.05, 3.63) is 34.1 Å². The van der Waals surface area contributed by atoms with Gasteiger partial charge >= 0.3 is 0 Å². The number of aliphatic imine (C=N–C) groups is 1. The number of nitrogens with one attached hydrogen (secondary N) is 2. The first-order valence-corrected chi connectivity index (χ1v) is 10.8. The van der Waals surface area contributed by atoms with Crippen molar-refractivity contribution < 1.29 is 4.52 Å². The van der Waals surface area contributed by atoms with Gasteiger partial charge < -0.3 is 15.2 Å². The number of hydrogen-bond acceptors (Lipinski definition) is 6. The quantitative estimate of drug-likeness (QED) is 0.347. The molecule has 2 N–H and O–H groups in total. The van der Waals surface area contributed by atoms with Crippen molar-refractivity contribution in [3.63, 3.8) is 0 Å². The molecule has 1 fully saturated rings. The molecule has 0 saturated carbocycles. The Kier molecular flexibility index (Phi) is 8.90. The van der Waals surface area contributed by atoms with E-state index in [4.69, 9.17) is 4.52 Å². The number of nitrogens with zero attached hydrogens (tertiary/aromatic N) is 4. The molecule has 2 atom stereocenters. The maximum absolute atomic E-state index is 5.35. The van der Waals surface area contributed by atoms with Gasteiger partial charge in [-0.1, -0.05) is 32.0 Å². The van der Waals surface area contributed by atoms with E-state index in [9.17, 15) is 0 Å². The summed E-state index contributed by atoms with van der Waals surface area (Å²) < 4.78 is 5.35. The minimum Gasteiger partial charge on any atom is -0.356 e. The number of rotatable bonds is 5. The Morgan fingerprint density at radius 1 is 1.38 bits per heavy atom. The molecule has 1 aliphatic rings. The van der Waals surface area contributed by atoms with Crippen LogP contribution in [-0.2, 0) is 12.0 Å². The van der Waals surface area contributed by atoms with Crippen LogP contribution in [0.2, 0.25) is 0 Å². The third-order valence-electron chi connectivity index (χ3n) is 5.12. The monoisotopic (exact) mass is 532 g/mol. The first-order chi connectivity index (χ1) is 13.4. The lowest BCUT2D eigenvalue weighted by atomic mass is 9.88. The fraction of sp³-hybridized carbons (Fsp3) is 0.650. The lowest BCUT2D eigenvalue weighted by molar-refractivity contribution is 0.125. The van der Waals surface area contributed by atoms with Crippen LogP contribution in [0.3, 0.4) is 0 Å². The van der Waals surface area contributed by atoms with E-state index in [1.165, 1.54) is 17.7 Å². The summed E-state index contributed by atoms with van der Waals surface area (Å²) in [7, 11) is 4.02. The minimum absolute atomic E-state index is 0. The van der Waals surface area contributed by atoms with Gasteiger partial charge in [0.05, 0.1) is 6.54 Å². The number of hydrogen-bond donors (Lipinski definition) is 2. The molecule has 0 bridgehead atoms. The molecule has 3 heterocycles. The number of halogens is 1. The highest BCUT2D eigenvalue weighted by atomic mass is 127. The Labute approximate surface area is 194 Å². The molecule has 7 nitrogen and oxygen atoms in total. The van der Waals surface area contributed by atoms with Crippen molar-refractivity contribution in [2.45, 2.75) is 51.6 Å². The van der Waals surface area contributed by atoms with Crippen molar-refractivity contribution >= 4 is 41.3 Å². The standard InChI is InChI=1S/C20H32N6OS.HI/c1-20(2,3)18-24-16(25-27-18)13-23-19(21-4)22-12-14-8-6-10-26(5)17(14)15-9-7-11-28-15;/h7,9,11,14,17H,6,8,10,12-13H2,1-5H3,(H2,21,22,23);1H. The van der Waals surface area contributed by atoms with Crippen molar-refractivity contribution in [1.29, 1.82) is 0 Å². The summed E-state index contributed by atoms with van der Waals surface area (Å²) in [6, 6.07) is 4.86. The average Bonchev–Trinajstić information content (AvgIpc) is 3.33. The van der Waals surface area contributed by atoms with E-state index in [-0.39, 0.29) is 29.4 Å². The highest BCUT2D eigenvalue weighted by Crippen LogP contribution is 2.36. The second-order valence-corrected chi connectivity index (χ2v) is 9.39. The van der Waals surface area contributed by atoms with E-state index >= 15 is 0 Å². The summed E-state index contributed by atoms with van der Waals surface area (Å²) in [5.74, 6) is 2.60. The lowest BCUT2D eigenvalue weighted by Crippen LogP contribution is -2.44. The molecule has 0 aromatic carbocycles. The zero-order valence-corrected chi connectivity index (χ0v) is 21.1. The van der Waals surface area contributed by atoms with Gasteiger partial charge in [0.15, 0.2) is 11.8 Å². The van der Waals surface area contributed by atoms with Gasteiger partial charge in [-0.25, -0.2) is 0 Å². The predicted octanol–water partition coefficient (Wildman–Crippen LogP) is 3.79. The maximum atomic E-state index is 5.35. The SMILES string of the molecule is CN=C(NCc1noc(C(C)(C)C)n1)NCC1CCCN(C)C1c1cccs1.I. The molecule has 1 saturated heterocycles. The molecule has 3 rings (SSSR count). The van der Waals surface area contributed by atoms with Crippen LogP contribution < -0.4 is 10.6 Å². The minimum atomic E-state index is -0.144. The topological polar surface area (TPSA) is 78.6 Å². The Balaban J connectivity index is 0.00000300. The largest absolute Gasteiger partial charge is 0.356 e. The van der Waals surface area contributed by atoms with Gasteiger partial charge in [-0.2, -0.15) is 4.98 Å². The molecular formula is C20H33IN6OS. The zero-order valence-electron chi connectivity index (χ0n) is 17.9. The van der Waals surface area contributed by atoms with Crippen LogP contribution in [-0.4, -0.2) is 48.2 Å². The average molecular weight is 532 g/mol. The molecule has 9 heteroatoms. The first kappa shape index (κ1) is 24.1. The Bertz CT molecular complexity index is 770. The molecule has 162 valence electrons. The molecule has 0 radical (unpaired) electrons. The number of likely N-dealkylation sites (tertiary alicyclic amines) is 1. The second-order valence-electron chi connectivity index (χ2n) is 8.42. The van der Waals surface area contributed by atoms with Crippen molar-refractivity contribution in [3.8, 4) is 0 Å². The van der Waals surface area contributed by atoms with Crippen molar-refractivity contribution in [1.82, 2.24) is 25.7 Å². The van der Waals surface area contributed by atoms with Crippen LogP contribution in [0.15, 0.2) is 27.0 Å². The number of guanidine groups is 1. The fourth-order valence-electron chi connectivity index (χ4n) is 3.62. The Morgan fingerprint density at radius 3 is 2.79 bits per heavy atom. The van der Waals surface area contributed by atoms with Crippen molar-refractivity contribution in [2.24, 2.45) is 10.9 Å². The van der Waals surface area contributed by atoms with Gasteiger partial charge in [0, 0.05) is 29.9 Å². The Hall–Kier alpha value is -1.20. The van der Waals surface area contributed by atoms with Gasteiger partial charge in [-0.05, 0) is 43.8 Å². The van der Waals surface area contributed by atoms with E-state index < -0.39 is 0 Å². The van der Waals surface area contributed by atoms with Crippen LogP contribution in [0.5, 0.6) is 0 Å². The molecule has 2 unspecified atom stereocenters. The summed E-state index contributed by atoms with van der Waals surface area (Å²) in [6.07, 6.45) is 2.45. The smallest absolute Gasteiger partial charge is 0.232 e. The molecule has 1 aliphatic heterocycles. The predicted molar refractivity (Wildman–Crippen MR) is 129 cm³/mol. The van der Waals surface area contributed by atoms with Crippen LogP contribution in [0.25, 0.3) is 0 Å². The van der Waals surface area contributed by atoms with E-state index in [0.717, 1.165) is 19.0 Å². The fourth-order valence-corrected chi connectivity index (χ4v) is 4.61. The van der Waals surface area contributed by atoms with E-state index in [1.54, 1.807) is 7.05 Å².